The van der Waals surface area contributed by atoms with Crippen molar-refractivity contribution in [3.8, 4) is 11.6 Å². The van der Waals surface area contributed by atoms with Gasteiger partial charge >= 0.3 is 0 Å². The Bertz CT molecular complexity index is 776. The van der Waals surface area contributed by atoms with Crippen LogP contribution < -0.4 is 4.74 Å². The quantitative estimate of drug-likeness (QED) is 0.769. The highest BCUT2D eigenvalue weighted by molar-refractivity contribution is 6.30. The molecule has 0 N–H and O–H groups in total. The van der Waals surface area contributed by atoms with E-state index in [0.29, 0.717) is 28.8 Å². The van der Waals surface area contributed by atoms with Gasteiger partial charge in [-0.2, -0.15) is 0 Å². The lowest BCUT2D eigenvalue weighted by Gasteiger charge is -2.32. The fraction of sp³-hybridized carbons (Fsp3) is 0.316. The molecule has 2 aromatic rings. The highest BCUT2D eigenvalue weighted by Gasteiger charge is 2.28. The van der Waals surface area contributed by atoms with E-state index in [-0.39, 0.29) is 11.8 Å². The number of rotatable bonds is 4. The number of halogens is 1. The largest absolute Gasteiger partial charge is 0.437 e. The second-order valence-corrected chi connectivity index (χ2v) is 6.61. The molecule has 1 amide bonds. The third-order valence-electron chi connectivity index (χ3n) is 4.18. The second-order valence-electron chi connectivity index (χ2n) is 6.17. The molecule has 1 aliphatic rings. The molecule has 3 rings (SSSR count). The summed E-state index contributed by atoms with van der Waals surface area (Å²) in [4.78, 5) is 22.9. The van der Waals surface area contributed by atoms with Crippen LogP contribution in [-0.2, 0) is 4.79 Å². The Labute approximate surface area is 152 Å². The van der Waals surface area contributed by atoms with Crippen LogP contribution in [0.1, 0.15) is 31.4 Å². The summed E-state index contributed by atoms with van der Waals surface area (Å²) in [6, 6.07) is 7.11. The number of likely N-dealkylation sites (tertiary alicyclic amines) is 1. The SMILES string of the molecule is C=C(C)C(=O)N1CCCC(c2nccnc2Oc2ccc(Cl)cc2)C1. The van der Waals surface area contributed by atoms with Gasteiger partial charge in [0, 0.05) is 42.0 Å². The zero-order chi connectivity index (χ0) is 17.8. The normalized spacial score (nSPS) is 17.2. The van der Waals surface area contributed by atoms with Crippen LogP contribution >= 0.6 is 11.6 Å². The lowest BCUT2D eigenvalue weighted by atomic mass is 9.94. The average Bonchev–Trinajstić information content (AvgIpc) is 2.63. The molecule has 0 aliphatic carbocycles. The van der Waals surface area contributed by atoms with Gasteiger partial charge in [-0.15, -0.1) is 0 Å². The summed E-state index contributed by atoms with van der Waals surface area (Å²) in [5.41, 5.74) is 1.33. The van der Waals surface area contributed by atoms with Crippen LogP contribution in [0.4, 0.5) is 0 Å². The summed E-state index contributed by atoms with van der Waals surface area (Å²) in [7, 11) is 0. The summed E-state index contributed by atoms with van der Waals surface area (Å²) >= 11 is 5.91. The van der Waals surface area contributed by atoms with Gasteiger partial charge in [-0.3, -0.25) is 9.78 Å². The number of benzene rings is 1. The van der Waals surface area contributed by atoms with Crippen molar-refractivity contribution in [1.82, 2.24) is 14.9 Å². The molecule has 2 heterocycles. The van der Waals surface area contributed by atoms with Crippen LogP contribution in [0, 0.1) is 0 Å². The van der Waals surface area contributed by atoms with Gasteiger partial charge in [0.15, 0.2) is 0 Å². The Morgan fingerprint density at radius 2 is 2.00 bits per heavy atom. The molecule has 1 unspecified atom stereocenters. The Hall–Kier alpha value is -2.40. The number of piperidine rings is 1. The van der Waals surface area contributed by atoms with Gasteiger partial charge in [0.05, 0.1) is 0 Å². The minimum atomic E-state index is -0.00578. The monoisotopic (exact) mass is 357 g/mol. The first-order chi connectivity index (χ1) is 12.0. The van der Waals surface area contributed by atoms with Gasteiger partial charge in [-0.25, -0.2) is 4.98 Å². The van der Waals surface area contributed by atoms with Crippen molar-refractivity contribution in [2.24, 2.45) is 0 Å². The topological polar surface area (TPSA) is 55.3 Å². The molecule has 1 aromatic heterocycles. The van der Waals surface area contributed by atoms with Crippen molar-refractivity contribution >= 4 is 17.5 Å². The zero-order valence-corrected chi connectivity index (χ0v) is 14.9. The predicted molar refractivity (Wildman–Crippen MR) is 96.9 cm³/mol. The van der Waals surface area contributed by atoms with E-state index in [1.807, 2.05) is 4.90 Å². The first-order valence-electron chi connectivity index (χ1n) is 8.23. The van der Waals surface area contributed by atoms with E-state index in [9.17, 15) is 4.79 Å². The van der Waals surface area contributed by atoms with Crippen LogP contribution in [0.25, 0.3) is 0 Å². The molecule has 0 saturated carbocycles. The fourth-order valence-electron chi connectivity index (χ4n) is 2.96. The van der Waals surface area contributed by atoms with E-state index >= 15 is 0 Å². The number of carbonyl (C=O) groups excluding carboxylic acids is 1. The highest BCUT2D eigenvalue weighted by atomic mass is 35.5. The van der Waals surface area contributed by atoms with E-state index < -0.39 is 0 Å². The molecule has 6 heteroatoms. The molecule has 0 radical (unpaired) electrons. The summed E-state index contributed by atoms with van der Waals surface area (Å²) in [6.07, 6.45) is 5.12. The Kier molecular flexibility index (Phi) is 5.34. The fourth-order valence-corrected chi connectivity index (χ4v) is 3.09. The molecule has 130 valence electrons. The third kappa shape index (κ3) is 4.17. The van der Waals surface area contributed by atoms with Crippen LogP contribution in [0.3, 0.4) is 0 Å². The van der Waals surface area contributed by atoms with Gasteiger partial charge in [0.25, 0.3) is 0 Å². The lowest BCUT2D eigenvalue weighted by Crippen LogP contribution is -2.39. The first-order valence-corrected chi connectivity index (χ1v) is 8.61. The number of nitrogens with zero attached hydrogens (tertiary/aromatic N) is 3. The first kappa shape index (κ1) is 17.4. The van der Waals surface area contributed by atoms with E-state index in [0.717, 1.165) is 25.1 Å². The molecule has 1 fully saturated rings. The maximum Gasteiger partial charge on any atom is 0.248 e. The van der Waals surface area contributed by atoms with E-state index in [2.05, 4.69) is 16.5 Å². The molecule has 25 heavy (non-hydrogen) atoms. The van der Waals surface area contributed by atoms with Gasteiger partial charge in [-0.05, 0) is 44.0 Å². The number of carbonyl (C=O) groups is 1. The van der Waals surface area contributed by atoms with E-state index in [1.54, 1.807) is 43.6 Å². The molecule has 5 nitrogen and oxygen atoms in total. The van der Waals surface area contributed by atoms with Crippen molar-refractivity contribution in [1.29, 1.82) is 0 Å². The summed E-state index contributed by atoms with van der Waals surface area (Å²) < 4.78 is 5.91. The van der Waals surface area contributed by atoms with Crippen molar-refractivity contribution in [2.45, 2.75) is 25.7 Å². The molecule has 0 spiro atoms. The smallest absolute Gasteiger partial charge is 0.248 e. The van der Waals surface area contributed by atoms with Gasteiger partial charge in [0.2, 0.25) is 11.8 Å². The van der Waals surface area contributed by atoms with Gasteiger partial charge in [0.1, 0.15) is 11.4 Å². The van der Waals surface area contributed by atoms with Crippen molar-refractivity contribution in [2.75, 3.05) is 13.1 Å². The summed E-state index contributed by atoms with van der Waals surface area (Å²) in [5, 5.41) is 0.646. The molecule has 0 bridgehead atoms. The van der Waals surface area contributed by atoms with Crippen molar-refractivity contribution in [3.05, 3.63) is 59.5 Å². The molecule has 1 saturated heterocycles. The number of aromatic nitrogens is 2. The second kappa shape index (κ2) is 7.66. The maximum atomic E-state index is 12.2. The predicted octanol–water partition coefficient (Wildman–Crippen LogP) is 4.20. The Morgan fingerprint density at radius 3 is 2.72 bits per heavy atom. The minimum Gasteiger partial charge on any atom is -0.437 e. The molecule has 1 aromatic carbocycles. The Balaban J connectivity index is 1.81. The summed E-state index contributed by atoms with van der Waals surface area (Å²) in [5.74, 6) is 1.21. The molecule has 1 atom stereocenters. The zero-order valence-electron chi connectivity index (χ0n) is 14.1. The molecular weight excluding hydrogens is 338 g/mol. The van der Waals surface area contributed by atoms with E-state index in [4.69, 9.17) is 16.3 Å². The van der Waals surface area contributed by atoms with Crippen LogP contribution in [0.2, 0.25) is 5.02 Å². The average molecular weight is 358 g/mol. The Morgan fingerprint density at radius 1 is 1.28 bits per heavy atom. The van der Waals surface area contributed by atoms with Gasteiger partial charge in [-0.1, -0.05) is 18.2 Å². The third-order valence-corrected chi connectivity index (χ3v) is 4.43. The highest BCUT2D eigenvalue weighted by Crippen LogP contribution is 2.33. The van der Waals surface area contributed by atoms with Crippen LogP contribution in [0.5, 0.6) is 11.6 Å². The standard InChI is InChI=1S/C19H20ClN3O2/c1-13(2)19(24)23-11-3-4-14(12-23)17-18(22-10-9-21-17)25-16-7-5-15(20)6-8-16/h5-10,14H,1,3-4,11-12H2,2H3. The van der Waals surface area contributed by atoms with Crippen LogP contribution in [-0.4, -0.2) is 33.9 Å². The minimum absolute atomic E-state index is 0.00578. The number of hydrogen-bond acceptors (Lipinski definition) is 4. The van der Waals surface area contributed by atoms with E-state index in [1.165, 1.54) is 0 Å². The molecular formula is C19H20ClN3O2. The van der Waals surface area contributed by atoms with Crippen molar-refractivity contribution < 1.29 is 9.53 Å². The number of amides is 1. The summed E-state index contributed by atoms with van der Waals surface area (Å²) in [6.45, 7) is 6.84. The molecule has 1 aliphatic heterocycles. The maximum absolute atomic E-state index is 12.2. The van der Waals surface area contributed by atoms with Gasteiger partial charge < -0.3 is 9.64 Å². The van der Waals surface area contributed by atoms with Crippen LogP contribution in [0.15, 0.2) is 48.8 Å². The number of hydrogen-bond donors (Lipinski definition) is 0. The number of ether oxygens (including phenoxy) is 1. The van der Waals surface area contributed by atoms with Crippen molar-refractivity contribution in [3.63, 3.8) is 0 Å². The lowest BCUT2D eigenvalue weighted by molar-refractivity contribution is -0.128.